The molecule has 0 saturated heterocycles. The Labute approximate surface area is 791 Å². The van der Waals surface area contributed by atoms with E-state index in [0.717, 1.165) is 129 Å². The van der Waals surface area contributed by atoms with E-state index in [4.69, 9.17) is 46.4 Å². The molecule has 0 aliphatic heterocycles. The van der Waals surface area contributed by atoms with Gasteiger partial charge in [0.15, 0.2) is 0 Å². The topological polar surface area (TPSA) is 258 Å². The summed E-state index contributed by atoms with van der Waals surface area (Å²) < 4.78 is 64.7. The second-order valence-corrected chi connectivity index (χ2v) is 44.8. The quantitative estimate of drug-likeness (QED) is 0.0653. The maximum atomic E-state index is 13.2. The molecule has 18 aromatic rings. The van der Waals surface area contributed by atoms with Crippen molar-refractivity contribution in [1.82, 2.24) is 89.7 Å². The van der Waals surface area contributed by atoms with E-state index in [0.29, 0.717) is 33.4 Å². The number of alkyl halides is 3. The molecule has 9 N–H and O–H groups in total. The number of imidazole rings is 9. The van der Waals surface area contributed by atoms with Crippen LogP contribution in [0.3, 0.4) is 0 Å². The summed E-state index contributed by atoms with van der Waals surface area (Å²) in [4.78, 5) is 69.4. The second kappa shape index (κ2) is 39.3. The number of fused-ring (bicyclic) bond motifs is 9. The maximum absolute atomic E-state index is 13.2. The number of H-pyrrole nitrogens is 9. The third kappa shape index (κ3) is 26.9. The third-order valence-electron chi connectivity index (χ3n) is 21.0. The lowest BCUT2D eigenvalue weighted by atomic mass is 9.96. The minimum atomic E-state index is -4.37. The molecule has 9 aromatic heterocycles. The van der Waals surface area contributed by atoms with Gasteiger partial charge in [-0.1, -0.05) is 264 Å². The molecule has 702 valence electrons. The highest BCUT2D eigenvalue weighted by Gasteiger charge is 2.35. The fourth-order valence-corrected chi connectivity index (χ4v) is 13.9. The Morgan fingerprint density at radius 1 is 0.227 bits per heavy atom. The molecular weight excluding hydrogens is 1750 g/mol. The zero-order valence-corrected chi connectivity index (χ0v) is 85.3. The summed E-state index contributed by atoms with van der Waals surface area (Å²) in [6, 6.07) is 44.5. The van der Waals surface area contributed by atoms with Crippen LogP contribution in [0, 0.1) is 46.3 Å². The highest BCUT2D eigenvalue weighted by molar-refractivity contribution is 6.32. The van der Waals surface area contributed by atoms with Gasteiger partial charge in [-0.25, -0.2) is 53.6 Å². The molecule has 9 aromatic carbocycles. The number of aromatic nitrogens is 18. The van der Waals surface area contributed by atoms with Crippen molar-refractivity contribution >= 4 is 146 Å². The van der Waals surface area contributed by atoms with E-state index < -0.39 is 23.4 Å². The van der Waals surface area contributed by atoms with Gasteiger partial charge in [-0.05, 0) is 166 Å². The molecule has 0 bridgehead atoms. The summed E-state index contributed by atoms with van der Waals surface area (Å²) in [7, 11) is 0. The van der Waals surface area contributed by atoms with Crippen molar-refractivity contribution in [1.29, 1.82) is 0 Å². The van der Waals surface area contributed by atoms with Gasteiger partial charge in [0.2, 0.25) is 0 Å². The SMILES string of the molecule is CC(C)(C)c1nc2c(C(F)(F)F)cccc2[nH]1.CC(C)(C)c1nc2cc(Cl)c(F)cc2[nH]1.CC(C)(C)c1nc2cc(Cl)c(F)cc2[nH]1.CC(C)(C)c1nc2ccc(Cl)cc2[nH]1.CC(C)(C)c1nc2ccc(Cl)cc2[nH]1.Cc1cc(C)c2nc(C(C)(C)C)[nH]c2c1.Cc1ccc2nc(C(C)(C)C)[nH]c2c1.Cc1ccc2nc(C(C)(C)C)[nH]c2c1.Cc1ccc2nc(C(C)(C)C)[nH]c2c1. The number of halogens is 9. The molecule has 18 rings (SSSR count). The Balaban J connectivity index is 0.000000154. The van der Waals surface area contributed by atoms with Gasteiger partial charge in [0.1, 0.15) is 69.6 Å². The monoisotopic (exact) mass is 1880 g/mol. The molecule has 0 amide bonds. The van der Waals surface area contributed by atoms with E-state index in [1.54, 1.807) is 6.07 Å². The number of hydrogen-bond donors (Lipinski definition) is 9. The Hall–Kier alpha value is -11.0. The summed E-state index contributed by atoms with van der Waals surface area (Å²) in [5.74, 6) is 7.59. The van der Waals surface area contributed by atoms with E-state index in [1.807, 2.05) is 98.7 Å². The van der Waals surface area contributed by atoms with Gasteiger partial charge in [0, 0.05) is 70.9 Å². The van der Waals surface area contributed by atoms with Gasteiger partial charge >= 0.3 is 6.18 Å². The van der Waals surface area contributed by atoms with Crippen LogP contribution in [-0.2, 0) is 54.9 Å². The van der Waals surface area contributed by atoms with Crippen LogP contribution in [0.1, 0.15) is 273 Å². The van der Waals surface area contributed by atoms with Gasteiger partial charge < -0.3 is 44.9 Å². The van der Waals surface area contributed by atoms with E-state index in [1.165, 1.54) is 58.1 Å². The average molecular weight is 1880 g/mol. The largest absolute Gasteiger partial charge is 0.418 e. The number of aromatic amines is 9. The van der Waals surface area contributed by atoms with Gasteiger partial charge in [0.25, 0.3) is 0 Å². The van der Waals surface area contributed by atoms with Gasteiger partial charge in [-0.3, -0.25) is 0 Å². The fraction of sp³-hybridized carbons (Fsp3) is 0.400. The lowest BCUT2D eigenvalue weighted by Crippen LogP contribution is -2.13. The smallest absolute Gasteiger partial charge is 0.342 e. The number of nitrogens with zero attached hydrogens (tertiary/aromatic N) is 9. The summed E-state index contributed by atoms with van der Waals surface area (Å²) in [5, 5.41) is 1.69. The molecule has 132 heavy (non-hydrogen) atoms. The summed E-state index contributed by atoms with van der Waals surface area (Å²) in [5.41, 5.74) is 21.6. The van der Waals surface area contributed by atoms with Crippen molar-refractivity contribution in [2.45, 2.75) is 276 Å². The lowest BCUT2D eigenvalue weighted by molar-refractivity contribution is -0.136. The van der Waals surface area contributed by atoms with Crippen LogP contribution < -0.4 is 0 Å². The van der Waals surface area contributed by atoms with E-state index in [9.17, 15) is 22.0 Å². The first-order valence-electron chi connectivity index (χ1n) is 44.1. The van der Waals surface area contributed by atoms with Crippen molar-refractivity contribution in [2.24, 2.45) is 0 Å². The minimum Gasteiger partial charge on any atom is -0.342 e. The standard InChI is InChI=1S/C13H18N2.C12H13F3N2.3C12H16N2.2C11H12ClFN2.2C11H13ClN2/c1-8-6-9(2)11-10(7-8)14-12(15-11)13(3,4)5;1-11(2,3)10-16-8-6-4-5-7(9(8)17-10)12(13,14)15;3*1-8-5-6-9-10(7-8)14-11(13-9)12(2,3)4;2*1-11(2,3)10-14-8-4-6(12)7(13)5-9(8)15-10;2*1-11(2,3)10-13-8-5-4-7(12)6-9(8)14-10/h6-7H,1-5H3,(H,14,15);4-6H,1-3H3,(H,16,17);3*5-7H,1-4H3,(H,13,14);2*4-5H,1-3H3,(H,14,15);2*4-6H,1-3H3,(H,13,14). The molecule has 18 nitrogen and oxygen atoms in total. The first-order chi connectivity index (χ1) is 60.6. The van der Waals surface area contributed by atoms with Crippen molar-refractivity contribution in [3.63, 3.8) is 0 Å². The molecular formula is C105H129Cl4F5N18. The molecule has 0 atom stereocenters. The minimum absolute atomic E-state index is 0.00933. The normalized spacial score (nSPS) is 12.4. The molecule has 0 saturated carbocycles. The average Bonchev–Trinajstić information content (AvgIpc) is 1.62. The van der Waals surface area contributed by atoms with Crippen molar-refractivity contribution in [3.05, 3.63) is 263 Å². The number of rotatable bonds is 0. The Bertz CT molecular complexity index is 6360. The molecule has 0 aliphatic carbocycles. The van der Waals surface area contributed by atoms with Crippen LogP contribution in [0.15, 0.2) is 146 Å². The zero-order chi connectivity index (χ0) is 98.2. The number of nitrogens with one attached hydrogen (secondary N) is 9. The third-order valence-corrected chi connectivity index (χ3v) is 22.0. The van der Waals surface area contributed by atoms with Gasteiger partial charge in [0.05, 0.1) is 109 Å². The number of hydrogen-bond acceptors (Lipinski definition) is 9. The number of para-hydroxylation sites is 1. The van der Waals surface area contributed by atoms with Gasteiger partial charge in [-0.15, -0.1) is 0 Å². The maximum Gasteiger partial charge on any atom is 0.418 e. The van der Waals surface area contributed by atoms with Gasteiger partial charge in [-0.2, -0.15) is 13.2 Å². The van der Waals surface area contributed by atoms with E-state index >= 15 is 0 Å². The molecule has 27 heteroatoms. The molecule has 0 radical (unpaired) electrons. The second-order valence-electron chi connectivity index (χ2n) is 43.1. The summed E-state index contributed by atoms with van der Waals surface area (Å²) >= 11 is 23.2. The van der Waals surface area contributed by atoms with Crippen LogP contribution in [0.2, 0.25) is 20.1 Å². The lowest BCUT2D eigenvalue weighted by Gasteiger charge is -2.13. The first-order valence-corrected chi connectivity index (χ1v) is 45.6. The molecule has 0 spiro atoms. The van der Waals surface area contributed by atoms with Crippen molar-refractivity contribution in [2.75, 3.05) is 0 Å². The van der Waals surface area contributed by atoms with E-state index in [-0.39, 0.29) is 64.3 Å². The fourth-order valence-electron chi connectivity index (χ4n) is 13.3. The predicted molar refractivity (Wildman–Crippen MR) is 542 cm³/mol. The Morgan fingerprint density at radius 2 is 0.462 bits per heavy atom. The zero-order valence-electron chi connectivity index (χ0n) is 82.3. The van der Waals surface area contributed by atoms with E-state index in [2.05, 4.69) is 316 Å². The molecule has 0 fully saturated rings. The van der Waals surface area contributed by atoms with Crippen LogP contribution in [0.5, 0.6) is 0 Å². The highest BCUT2D eigenvalue weighted by Crippen LogP contribution is 2.37. The summed E-state index contributed by atoms with van der Waals surface area (Å²) in [6.45, 7) is 67.3. The molecule has 0 unspecified atom stereocenters. The number of aryl methyl sites for hydroxylation is 5. The van der Waals surface area contributed by atoms with Crippen LogP contribution in [0.4, 0.5) is 22.0 Å². The molecule has 0 aliphatic rings. The van der Waals surface area contributed by atoms with Crippen LogP contribution in [-0.4, -0.2) is 89.7 Å². The van der Waals surface area contributed by atoms with Crippen molar-refractivity contribution in [3.8, 4) is 0 Å². The predicted octanol–water partition coefficient (Wildman–Crippen LogP) is 31.2. The first kappa shape index (κ1) is 103. The highest BCUT2D eigenvalue weighted by atomic mass is 35.5. The Morgan fingerprint density at radius 3 is 0.750 bits per heavy atom. The Kier molecular flexibility index (Phi) is 30.7. The van der Waals surface area contributed by atoms with Crippen molar-refractivity contribution < 1.29 is 22.0 Å². The summed E-state index contributed by atoms with van der Waals surface area (Å²) in [6.07, 6.45) is -4.37. The van der Waals surface area contributed by atoms with Crippen LogP contribution >= 0.6 is 46.4 Å². The molecule has 9 heterocycles. The number of benzene rings is 9. The van der Waals surface area contributed by atoms with Crippen LogP contribution in [0.25, 0.3) is 99.3 Å².